The van der Waals surface area contributed by atoms with Crippen molar-refractivity contribution in [3.8, 4) is 0 Å². The van der Waals surface area contributed by atoms with E-state index in [1.165, 1.54) is 0 Å². The number of unbranched alkanes of at least 4 members (excludes halogenated alkanes) is 1. The molecular formula is C17H24N2O4. The van der Waals surface area contributed by atoms with Crippen molar-refractivity contribution in [1.29, 1.82) is 0 Å². The van der Waals surface area contributed by atoms with Crippen LogP contribution in [-0.4, -0.2) is 30.9 Å². The number of rotatable bonds is 8. The highest BCUT2D eigenvalue weighted by Crippen LogP contribution is 2.17. The van der Waals surface area contributed by atoms with Gasteiger partial charge in [-0.05, 0) is 37.5 Å². The molecule has 0 saturated heterocycles. The zero-order valence-electron chi connectivity index (χ0n) is 13.9. The van der Waals surface area contributed by atoms with Crippen LogP contribution >= 0.6 is 0 Å². The highest BCUT2D eigenvalue weighted by Gasteiger charge is 2.10. The Bertz CT molecular complexity index is 570. The molecule has 0 heterocycles. The van der Waals surface area contributed by atoms with Crippen LogP contribution in [0.4, 0.5) is 5.69 Å². The quantitative estimate of drug-likeness (QED) is 0.718. The number of hydrogen-bond donors (Lipinski definition) is 2. The molecule has 2 amide bonds. The van der Waals surface area contributed by atoms with Crippen LogP contribution in [0.3, 0.4) is 0 Å². The summed E-state index contributed by atoms with van der Waals surface area (Å²) in [6.45, 7) is 5.31. The molecule has 0 aliphatic heterocycles. The summed E-state index contributed by atoms with van der Waals surface area (Å²) in [4.78, 5) is 34.6. The van der Waals surface area contributed by atoms with Crippen molar-refractivity contribution >= 4 is 23.5 Å². The zero-order chi connectivity index (χ0) is 17.2. The van der Waals surface area contributed by atoms with E-state index in [0.717, 1.165) is 29.7 Å². The Balaban J connectivity index is 2.31. The smallest absolute Gasteiger partial charge is 0.306 e. The van der Waals surface area contributed by atoms with Crippen molar-refractivity contribution in [3.05, 3.63) is 29.3 Å². The number of ether oxygens (including phenoxy) is 1. The normalized spacial score (nSPS) is 10.0. The first-order chi connectivity index (χ1) is 10.9. The summed E-state index contributed by atoms with van der Waals surface area (Å²) in [7, 11) is 0. The molecule has 6 nitrogen and oxygen atoms in total. The van der Waals surface area contributed by atoms with Gasteiger partial charge < -0.3 is 15.4 Å². The average Bonchev–Trinajstić information content (AvgIpc) is 2.53. The number of nitrogens with one attached hydrogen (secondary N) is 2. The maximum Gasteiger partial charge on any atom is 0.306 e. The Morgan fingerprint density at radius 2 is 1.87 bits per heavy atom. The molecule has 0 fully saturated rings. The van der Waals surface area contributed by atoms with Gasteiger partial charge in [0.1, 0.15) is 0 Å². The van der Waals surface area contributed by atoms with Crippen LogP contribution in [0.25, 0.3) is 0 Å². The van der Waals surface area contributed by atoms with E-state index in [-0.39, 0.29) is 19.1 Å². The molecule has 0 aliphatic carbocycles. The van der Waals surface area contributed by atoms with Crippen LogP contribution in [0.15, 0.2) is 18.2 Å². The molecule has 0 aliphatic rings. The van der Waals surface area contributed by atoms with Crippen LogP contribution in [0.5, 0.6) is 0 Å². The zero-order valence-corrected chi connectivity index (χ0v) is 13.9. The molecule has 0 spiro atoms. The standard InChI is InChI=1S/C17H24N2O4/c1-4-5-9-17(22)23-11-16(21)18-10-15(20)19-14-8-6-7-12(2)13(14)3/h6-8H,4-5,9-11H2,1-3H3,(H,18,21)(H,19,20). The van der Waals surface area contributed by atoms with Crippen molar-refractivity contribution in [2.75, 3.05) is 18.5 Å². The number of amides is 2. The fourth-order valence-corrected chi connectivity index (χ4v) is 1.85. The van der Waals surface area contributed by atoms with Gasteiger partial charge >= 0.3 is 5.97 Å². The third-order valence-corrected chi connectivity index (χ3v) is 3.42. The molecule has 23 heavy (non-hydrogen) atoms. The molecular weight excluding hydrogens is 296 g/mol. The second-order valence-electron chi connectivity index (χ2n) is 5.34. The molecule has 0 aromatic heterocycles. The Kier molecular flexibility index (Phi) is 7.80. The summed E-state index contributed by atoms with van der Waals surface area (Å²) in [6.07, 6.45) is 1.93. The molecule has 0 atom stereocenters. The summed E-state index contributed by atoms with van der Waals surface area (Å²) in [5.41, 5.74) is 2.78. The molecule has 0 radical (unpaired) electrons. The van der Waals surface area contributed by atoms with Gasteiger partial charge in [0, 0.05) is 12.1 Å². The van der Waals surface area contributed by atoms with Crippen molar-refractivity contribution in [1.82, 2.24) is 5.32 Å². The van der Waals surface area contributed by atoms with Gasteiger partial charge in [0.15, 0.2) is 6.61 Å². The second kappa shape index (κ2) is 9.61. The Hall–Kier alpha value is -2.37. The minimum atomic E-state index is -0.494. The summed E-state index contributed by atoms with van der Waals surface area (Å²) in [6, 6.07) is 5.61. The number of carbonyl (C=O) groups is 3. The highest BCUT2D eigenvalue weighted by molar-refractivity contribution is 5.95. The van der Waals surface area contributed by atoms with E-state index in [1.807, 2.05) is 32.9 Å². The Morgan fingerprint density at radius 1 is 1.13 bits per heavy atom. The Morgan fingerprint density at radius 3 is 2.57 bits per heavy atom. The lowest BCUT2D eigenvalue weighted by Crippen LogP contribution is -2.35. The number of aryl methyl sites for hydroxylation is 1. The lowest BCUT2D eigenvalue weighted by atomic mass is 10.1. The van der Waals surface area contributed by atoms with Gasteiger partial charge in [0.05, 0.1) is 6.54 Å². The number of esters is 1. The summed E-state index contributed by atoms with van der Waals surface area (Å²) >= 11 is 0. The number of hydrogen-bond acceptors (Lipinski definition) is 4. The van der Waals surface area contributed by atoms with E-state index >= 15 is 0 Å². The van der Waals surface area contributed by atoms with Crippen molar-refractivity contribution < 1.29 is 19.1 Å². The average molecular weight is 320 g/mol. The molecule has 126 valence electrons. The highest BCUT2D eigenvalue weighted by atomic mass is 16.5. The molecule has 0 saturated carbocycles. The molecule has 1 aromatic carbocycles. The van der Waals surface area contributed by atoms with Crippen LogP contribution in [0, 0.1) is 13.8 Å². The van der Waals surface area contributed by atoms with Crippen molar-refractivity contribution in [3.63, 3.8) is 0 Å². The number of anilines is 1. The monoisotopic (exact) mass is 320 g/mol. The van der Waals surface area contributed by atoms with Crippen molar-refractivity contribution in [2.24, 2.45) is 0 Å². The minimum absolute atomic E-state index is 0.168. The van der Waals surface area contributed by atoms with Gasteiger partial charge in [-0.3, -0.25) is 14.4 Å². The van der Waals surface area contributed by atoms with E-state index in [2.05, 4.69) is 10.6 Å². The molecule has 1 aromatic rings. The van der Waals surface area contributed by atoms with Crippen LogP contribution in [0.2, 0.25) is 0 Å². The van der Waals surface area contributed by atoms with E-state index < -0.39 is 11.9 Å². The van der Waals surface area contributed by atoms with Crippen LogP contribution < -0.4 is 10.6 Å². The van der Waals surface area contributed by atoms with Gasteiger partial charge in [-0.15, -0.1) is 0 Å². The van der Waals surface area contributed by atoms with E-state index in [9.17, 15) is 14.4 Å². The topological polar surface area (TPSA) is 84.5 Å². The molecule has 2 N–H and O–H groups in total. The summed E-state index contributed by atoms with van der Waals surface area (Å²) < 4.78 is 4.81. The second-order valence-corrected chi connectivity index (χ2v) is 5.34. The van der Waals surface area contributed by atoms with Crippen LogP contribution in [-0.2, 0) is 19.1 Å². The van der Waals surface area contributed by atoms with Gasteiger partial charge in [-0.25, -0.2) is 0 Å². The summed E-state index contributed by atoms with van der Waals surface area (Å²) in [5, 5.41) is 5.16. The van der Waals surface area contributed by atoms with Gasteiger partial charge in [-0.1, -0.05) is 25.5 Å². The maximum absolute atomic E-state index is 11.8. The molecule has 0 unspecified atom stereocenters. The summed E-state index contributed by atoms with van der Waals surface area (Å²) in [5.74, 6) is -1.22. The number of carbonyl (C=O) groups excluding carboxylic acids is 3. The fraction of sp³-hybridized carbons (Fsp3) is 0.471. The molecule has 1 rings (SSSR count). The Labute approximate surface area is 136 Å². The predicted octanol–water partition coefficient (Wildman–Crippen LogP) is 2.09. The number of benzene rings is 1. The van der Waals surface area contributed by atoms with E-state index in [4.69, 9.17) is 4.74 Å². The lowest BCUT2D eigenvalue weighted by Gasteiger charge is -2.11. The van der Waals surface area contributed by atoms with Crippen molar-refractivity contribution in [2.45, 2.75) is 40.0 Å². The largest absolute Gasteiger partial charge is 0.456 e. The van der Waals surface area contributed by atoms with E-state index in [0.29, 0.717) is 6.42 Å². The first-order valence-corrected chi connectivity index (χ1v) is 7.72. The minimum Gasteiger partial charge on any atom is -0.456 e. The van der Waals surface area contributed by atoms with Crippen LogP contribution in [0.1, 0.15) is 37.3 Å². The SMILES string of the molecule is CCCCC(=O)OCC(=O)NCC(=O)Nc1cccc(C)c1C. The van der Waals surface area contributed by atoms with Gasteiger partial charge in [0.2, 0.25) is 5.91 Å². The lowest BCUT2D eigenvalue weighted by molar-refractivity contribution is -0.148. The third-order valence-electron chi connectivity index (χ3n) is 3.42. The molecule has 0 bridgehead atoms. The van der Waals surface area contributed by atoms with Gasteiger partial charge in [-0.2, -0.15) is 0 Å². The van der Waals surface area contributed by atoms with Gasteiger partial charge in [0.25, 0.3) is 5.91 Å². The predicted molar refractivity (Wildman–Crippen MR) is 88.0 cm³/mol. The van der Waals surface area contributed by atoms with E-state index in [1.54, 1.807) is 6.07 Å². The first kappa shape index (κ1) is 18.7. The fourth-order valence-electron chi connectivity index (χ4n) is 1.85. The molecule has 6 heteroatoms. The third kappa shape index (κ3) is 6.95. The first-order valence-electron chi connectivity index (χ1n) is 7.72. The maximum atomic E-state index is 11.8.